The maximum absolute atomic E-state index is 12.2. The molecule has 26 heavy (non-hydrogen) atoms. The number of quaternary nitrogens is 1. The third kappa shape index (κ3) is 4.05. The molecule has 6 nitrogen and oxygen atoms in total. The van der Waals surface area contributed by atoms with E-state index in [0.29, 0.717) is 25.1 Å². The lowest BCUT2D eigenvalue weighted by atomic mass is 9.68. The van der Waals surface area contributed by atoms with Crippen LogP contribution < -0.4 is 15.3 Å². The summed E-state index contributed by atoms with van der Waals surface area (Å²) in [5.41, 5.74) is 1.24. The van der Waals surface area contributed by atoms with Gasteiger partial charge in [-0.25, -0.2) is 4.79 Å². The first-order valence-electron chi connectivity index (χ1n) is 10.2. The molecule has 0 aromatic heterocycles. The average molecular weight is 364 g/mol. The van der Waals surface area contributed by atoms with Crippen LogP contribution in [0.3, 0.4) is 0 Å². The third-order valence-electron chi connectivity index (χ3n) is 6.59. The van der Waals surface area contributed by atoms with Crippen molar-refractivity contribution in [2.75, 3.05) is 26.2 Å². The van der Waals surface area contributed by atoms with Crippen molar-refractivity contribution >= 4 is 11.9 Å². The molecule has 0 bridgehead atoms. The number of nitrogens with one attached hydrogen (secondary N) is 2. The topological polar surface area (TPSA) is 82.9 Å². The number of esters is 1. The van der Waals surface area contributed by atoms with Crippen LogP contribution in [0.1, 0.15) is 64.7 Å². The summed E-state index contributed by atoms with van der Waals surface area (Å²) >= 11 is 0. The Bertz CT molecular complexity index is 560. The van der Waals surface area contributed by atoms with Gasteiger partial charge in [-0.1, -0.05) is 19.3 Å². The molecular formula is C20H32N2O4. The number of ether oxygens (including phenoxy) is 1. The van der Waals surface area contributed by atoms with Gasteiger partial charge in [-0.2, -0.15) is 0 Å². The highest BCUT2D eigenvalue weighted by atomic mass is 16.5. The molecule has 0 amide bonds. The molecule has 0 aromatic rings. The molecule has 146 valence electrons. The Morgan fingerprint density at radius 2 is 1.85 bits per heavy atom. The van der Waals surface area contributed by atoms with Gasteiger partial charge in [0.15, 0.2) is 0 Å². The first-order chi connectivity index (χ1) is 12.5. The van der Waals surface area contributed by atoms with Crippen LogP contribution in [0.15, 0.2) is 11.3 Å². The Labute approximate surface area is 156 Å². The van der Waals surface area contributed by atoms with Crippen molar-refractivity contribution in [3.8, 4) is 0 Å². The number of hydrogen-bond donors (Lipinski definition) is 2. The molecule has 1 unspecified atom stereocenters. The van der Waals surface area contributed by atoms with E-state index >= 15 is 0 Å². The van der Waals surface area contributed by atoms with E-state index in [1.165, 1.54) is 17.7 Å². The van der Waals surface area contributed by atoms with E-state index in [2.05, 4.69) is 5.32 Å². The monoisotopic (exact) mass is 364 g/mol. The molecule has 2 aliphatic heterocycles. The lowest BCUT2D eigenvalue weighted by molar-refractivity contribution is -0.931. The van der Waals surface area contributed by atoms with Crippen LogP contribution in [0.2, 0.25) is 0 Å². The van der Waals surface area contributed by atoms with Gasteiger partial charge in [-0.3, -0.25) is 0 Å². The normalized spacial score (nSPS) is 26.9. The van der Waals surface area contributed by atoms with E-state index in [1.54, 1.807) is 0 Å². The number of allylic oxidation sites excluding steroid dienone is 1. The Balaban J connectivity index is 1.80. The van der Waals surface area contributed by atoms with Crippen molar-refractivity contribution in [1.29, 1.82) is 0 Å². The SMILES string of the molecule is C/C(NCC1(C(C(=O)[O-])[NH+]2CCCCC2)CCCCC1)=C1/CCOC1=O. The van der Waals surface area contributed by atoms with Crippen LogP contribution in [0.25, 0.3) is 0 Å². The fourth-order valence-electron chi connectivity index (χ4n) is 5.16. The maximum atomic E-state index is 12.2. The van der Waals surface area contributed by atoms with Crippen LogP contribution in [0.4, 0.5) is 0 Å². The standard InChI is InChI=1S/C20H32N2O4/c1-15(16-8-13-26-19(16)25)21-14-20(9-4-2-5-10-20)17(18(23)24)22-11-6-3-7-12-22/h17,21H,2-14H2,1H3,(H,23,24)/b16-15+. The third-order valence-corrected chi connectivity index (χ3v) is 6.59. The molecule has 2 N–H and O–H groups in total. The summed E-state index contributed by atoms with van der Waals surface area (Å²) in [5.74, 6) is -1.15. The molecule has 1 aliphatic carbocycles. The summed E-state index contributed by atoms with van der Waals surface area (Å²) in [6, 6.07) is -0.469. The quantitative estimate of drug-likeness (QED) is 0.509. The number of hydrogen-bond acceptors (Lipinski definition) is 5. The van der Waals surface area contributed by atoms with Gasteiger partial charge in [0, 0.05) is 24.1 Å². The van der Waals surface area contributed by atoms with Gasteiger partial charge in [0.1, 0.15) is 6.04 Å². The molecule has 0 radical (unpaired) electrons. The van der Waals surface area contributed by atoms with Crippen LogP contribution in [0.5, 0.6) is 0 Å². The van der Waals surface area contributed by atoms with E-state index < -0.39 is 12.0 Å². The molecule has 2 heterocycles. The summed E-state index contributed by atoms with van der Waals surface area (Å²) < 4.78 is 5.04. The molecular weight excluding hydrogens is 332 g/mol. The van der Waals surface area contributed by atoms with Crippen molar-refractivity contribution < 1.29 is 24.3 Å². The van der Waals surface area contributed by atoms with Gasteiger partial charge in [-0.15, -0.1) is 0 Å². The van der Waals surface area contributed by atoms with Crippen molar-refractivity contribution in [3.05, 3.63) is 11.3 Å². The van der Waals surface area contributed by atoms with Crippen LogP contribution in [-0.2, 0) is 14.3 Å². The van der Waals surface area contributed by atoms with Gasteiger partial charge in [0.2, 0.25) is 0 Å². The smallest absolute Gasteiger partial charge is 0.335 e. The summed E-state index contributed by atoms with van der Waals surface area (Å²) in [5, 5.41) is 15.6. The van der Waals surface area contributed by atoms with E-state index in [0.717, 1.165) is 57.3 Å². The first-order valence-corrected chi connectivity index (χ1v) is 10.2. The minimum absolute atomic E-state index is 0.245. The molecule has 1 saturated carbocycles. The average Bonchev–Trinajstić information content (AvgIpc) is 3.07. The van der Waals surface area contributed by atoms with Gasteiger partial charge in [0.05, 0.1) is 31.2 Å². The Hall–Kier alpha value is -1.56. The fourth-order valence-corrected chi connectivity index (χ4v) is 5.16. The zero-order valence-corrected chi connectivity index (χ0v) is 15.9. The summed E-state index contributed by atoms with van der Waals surface area (Å²) in [6.45, 7) is 4.79. The summed E-state index contributed by atoms with van der Waals surface area (Å²) in [6.07, 6.45) is 9.14. The van der Waals surface area contributed by atoms with E-state index in [4.69, 9.17) is 4.74 Å². The van der Waals surface area contributed by atoms with Crippen LogP contribution in [-0.4, -0.2) is 44.2 Å². The fraction of sp³-hybridized carbons (Fsp3) is 0.800. The second-order valence-corrected chi connectivity index (χ2v) is 8.24. The molecule has 3 aliphatic rings. The number of aliphatic carboxylic acids is 1. The molecule has 6 heteroatoms. The van der Waals surface area contributed by atoms with Crippen LogP contribution >= 0.6 is 0 Å². The van der Waals surface area contributed by atoms with Crippen molar-refractivity contribution in [2.45, 2.75) is 70.8 Å². The molecule has 1 atom stereocenters. The number of cyclic esters (lactones) is 1. The second kappa shape index (κ2) is 8.42. The highest BCUT2D eigenvalue weighted by Crippen LogP contribution is 2.38. The van der Waals surface area contributed by atoms with Crippen LogP contribution in [0, 0.1) is 5.41 Å². The van der Waals surface area contributed by atoms with Crippen molar-refractivity contribution in [2.24, 2.45) is 5.41 Å². The largest absolute Gasteiger partial charge is 0.544 e. The first kappa shape index (κ1) is 19.2. The number of rotatable bonds is 6. The van der Waals surface area contributed by atoms with Gasteiger partial charge in [0.25, 0.3) is 0 Å². The second-order valence-electron chi connectivity index (χ2n) is 8.24. The van der Waals surface area contributed by atoms with Crippen molar-refractivity contribution in [3.63, 3.8) is 0 Å². The molecule has 0 aromatic carbocycles. The Kier molecular flexibility index (Phi) is 6.22. The van der Waals surface area contributed by atoms with E-state index in [9.17, 15) is 14.7 Å². The Morgan fingerprint density at radius 3 is 2.42 bits per heavy atom. The van der Waals surface area contributed by atoms with Gasteiger partial charge in [-0.05, 0) is 39.0 Å². The highest BCUT2D eigenvalue weighted by Gasteiger charge is 2.46. The minimum atomic E-state index is -0.906. The zero-order valence-electron chi connectivity index (χ0n) is 15.9. The lowest BCUT2D eigenvalue weighted by Crippen LogP contribution is -3.19. The minimum Gasteiger partial charge on any atom is -0.544 e. The molecule has 3 rings (SSSR count). The van der Waals surface area contributed by atoms with E-state index in [1.807, 2.05) is 6.92 Å². The molecule has 0 spiro atoms. The predicted octanol–water partition coefficient (Wildman–Crippen LogP) is -0.0653. The lowest BCUT2D eigenvalue weighted by Gasteiger charge is -2.47. The van der Waals surface area contributed by atoms with Gasteiger partial charge < -0.3 is 24.9 Å². The summed E-state index contributed by atoms with van der Waals surface area (Å²) in [4.78, 5) is 25.2. The summed E-state index contributed by atoms with van der Waals surface area (Å²) in [7, 11) is 0. The number of carbonyl (C=O) groups is 2. The van der Waals surface area contributed by atoms with E-state index in [-0.39, 0.29) is 11.4 Å². The molecule has 3 fully saturated rings. The number of carboxylic acid groups (broad SMARTS) is 1. The number of piperidine rings is 1. The molecule has 2 saturated heterocycles. The zero-order chi connectivity index (χ0) is 18.6. The number of carbonyl (C=O) groups excluding carboxylic acids is 2. The van der Waals surface area contributed by atoms with Crippen molar-refractivity contribution in [1.82, 2.24) is 5.32 Å². The Morgan fingerprint density at radius 1 is 1.19 bits per heavy atom. The predicted molar refractivity (Wildman–Crippen MR) is 95.1 cm³/mol. The number of likely N-dealkylation sites (tertiary alicyclic amines) is 1. The highest BCUT2D eigenvalue weighted by molar-refractivity contribution is 5.90. The van der Waals surface area contributed by atoms with Gasteiger partial charge >= 0.3 is 5.97 Å². The number of carboxylic acids is 1. The maximum Gasteiger partial charge on any atom is 0.335 e.